The van der Waals surface area contributed by atoms with Crippen LogP contribution in [0.15, 0.2) is 21.6 Å². The van der Waals surface area contributed by atoms with Gasteiger partial charge in [-0.2, -0.15) is 0 Å². The monoisotopic (exact) mass is 324 g/mol. The Kier molecular flexibility index (Phi) is 4.24. The molecule has 0 saturated carbocycles. The average molecular weight is 325 g/mol. The molecule has 5 heteroatoms. The first-order valence-corrected chi connectivity index (χ1v) is 7.18. The Balaban J connectivity index is 2.50. The first-order valence-electron chi connectivity index (χ1n) is 6.39. The number of nitrogens with zero attached hydrogens (tertiary/aromatic N) is 2. The van der Waals surface area contributed by atoms with Crippen LogP contribution < -0.4 is 0 Å². The van der Waals surface area contributed by atoms with E-state index in [9.17, 15) is 9.90 Å². The fourth-order valence-corrected chi connectivity index (χ4v) is 2.39. The maximum Gasteiger partial charge on any atom is 0.337 e. The van der Waals surface area contributed by atoms with Crippen molar-refractivity contribution in [2.75, 3.05) is 13.1 Å². The number of carbonyl (C=O) groups is 1. The van der Waals surface area contributed by atoms with Crippen LogP contribution in [0.1, 0.15) is 35.7 Å². The zero-order chi connectivity index (χ0) is 14.0. The second-order valence-corrected chi connectivity index (χ2v) is 5.45. The van der Waals surface area contributed by atoms with Crippen molar-refractivity contribution in [3.63, 3.8) is 0 Å². The molecule has 1 N–H and O–H groups in total. The van der Waals surface area contributed by atoms with Gasteiger partial charge in [0.05, 0.1) is 11.3 Å². The lowest BCUT2D eigenvalue weighted by molar-refractivity contribution is 0.0697. The van der Waals surface area contributed by atoms with Crippen LogP contribution in [0.5, 0.6) is 0 Å². The van der Waals surface area contributed by atoms with E-state index in [4.69, 9.17) is 0 Å². The predicted octanol–water partition coefficient (Wildman–Crippen LogP) is 3.60. The Morgan fingerprint density at radius 1 is 1.47 bits per heavy atom. The third-order valence-corrected chi connectivity index (χ3v) is 4.23. The number of aromatic carboxylic acids is 1. The van der Waals surface area contributed by atoms with Crippen LogP contribution in [0, 0.1) is 6.92 Å². The predicted molar refractivity (Wildman–Crippen MR) is 79.4 cm³/mol. The zero-order valence-corrected chi connectivity index (χ0v) is 12.7. The van der Waals surface area contributed by atoms with Gasteiger partial charge in [-0.25, -0.2) is 9.79 Å². The molecule has 1 aliphatic heterocycles. The van der Waals surface area contributed by atoms with Crippen molar-refractivity contribution in [3.8, 4) is 0 Å². The maximum absolute atomic E-state index is 11.3. The lowest BCUT2D eigenvalue weighted by atomic mass is 10.1. The molecule has 0 aliphatic carbocycles. The third kappa shape index (κ3) is 2.81. The van der Waals surface area contributed by atoms with E-state index in [-0.39, 0.29) is 5.56 Å². The van der Waals surface area contributed by atoms with Crippen LogP contribution in [0.25, 0.3) is 0 Å². The van der Waals surface area contributed by atoms with E-state index >= 15 is 0 Å². The molecule has 0 amide bonds. The van der Waals surface area contributed by atoms with Crippen LogP contribution >= 0.6 is 15.9 Å². The van der Waals surface area contributed by atoms with Gasteiger partial charge >= 0.3 is 5.97 Å². The van der Waals surface area contributed by atoms with Crippen molar-refractivity contribution in [2.24, 2.45) is 4.99 Å². The van der Waals surface area contributed by atoms with Gasteiger partial charge in [-0.3, -0.25) is 0 Å². The van der Waals surface area contributed by atoms with Crippen molar-refractivity contribution in [2.45, 2.75) is 26.7 Å². The zero-order valence-electron chi connectivity index (χ0n) is 11.1. The van der Waals surface area contributed by atoms with Gasteiger partial charge in [-0.1, -0.05) is 22.9 Å². The van der Waals surface area contributed by atoms with Crippen molar-refractivity contribution < 1.29 is 9.90 Å². The van der Waals surface area contributed by atoms with E-state index in [1.165, 1.54) is 6.42 Å². The van der Waals surface area contributed by atoms with Crippen molar-refractivity contribution >= 4 is 33.4 Å². The molecule has 4 nitrogen and oxygen atoms in total. The Morgan fingerprint density at radius 3 is 2.63 bits per heavy atom. The number of carboxylic acid groups (broad SMARTS) is 1. The topological polar surface area (TPSA) is 52.9 Å². The van der Waals surface area contributed by atoms with E-state index < -0.39 is 5.97 Å². The van der Waals surface area contributed by atoms with Crippen LogP contribution in [0.3, 0.4) is 0 Å². The highest BCUT2D eigenvalue weighted by Crippen LogP contribution is 2.31. The summed E-state index contributed by atoms with van der Waals surface area (Å²) in [6.07, 6.45) is 1.99. The third-order valence-electron chi connectivity index (χ3n) is 3.37. The molecule has 0 bridgehead atoms. The molecule has 1 aromatic rings. The summed E-state index contributed by atoms with van der Waals surface area (Å²) in [4.78, 5) is 18.1. The summed E-state index contributed by atoms with van der Waals surface area (Å²) in [5.41, 5.74) is 1.68. The molecule has 19 heavy (non-hydrogen) atoms. The molecule has 1 aliphatic rings. The number of amidine groups is 1. The molecule has 0 radical (unpaired) electrons. The lowest BCUT2D eigenvalue weighted by Crippen LogP contribution is -2.41. The minimum atomic E-state index is -0.937. The molecular weight excluding hydrogens is 308 g/mol. The highest BCUT2D eigenvalue weighted by atomic mass is 79.9. The van der Waals surface area contributed by atoms with Crippen LogP contribution in [-0.4, -0.2) is 34.9 Å². The smallest absolute Gasteiger partial charge is 0.337 e. The van der Waals surface area contributed by atoms with Gasteiger partial charge < -0.3 is 10.0 Å². The van der Waals surface area contributed by atoms with Gasteiger partial charge in [-0.15, -0.1) is 0 Å². The number of hydrogen-bond acceptors (Lipinski definition) is 2. The number of aliphatic imine (C=N–C) groups is 1. The lowest BCUT2D eigenvalue weighted by Gasteiger charge is -2.34. The van der Waals surface area contributed by atoms with Gasteiger partial charge in [0.25, 0.3) is 0 Å². The second kappa shape index (κ2) is 5.74. The van der Waals surface area contributed by atoms with Crippen molar-refractivity contribution in [3.05, 3.63) is 27.7 Å². The SMILES string of the molecule is CCC(=Nc1c(C(=O)O)ccc(Br)c1C)N1CCC1. The summed E-state index contributed by atoms with van der Waals surface area (Å²) < 4.78 is 0.885. The average Bonchev–Trinajstić information content (AvgIpc) is 2.31. The Labute approximate surface area is 121 Å². The van der Waals surface area contributed by atoms with Crippen molar-refractivity contribution in [1.29, 1.82) is 0 Å². The van der Waals surface area contributed by atoms with E-state index in [2.05, 4.69) is 25.8 Å². The van der Waals surface area contributed by atoms with Gasteiger partial charge in [0.2, 0.25) is 0 Å². The second-order valence-electron chi connectivity index (χ2n) is 4.60. The highest BCUT2D eigenvalue weighted by molar-refractivity contribution is 9.10. The Bertz CT molecular complexity index is 536. The van der Waals surface area contributed by atoms with E-state index in [1.807, 2.05) is 13.8 Å². The maximum atomic E-state index is 11.3. The number of likely N-dealkylation sites (tertiary alicyclic amines) is 1. The minimum Gasteiger partial charge on any atom is -0.478 e. The largest absolute Gasteiger partial charge is 0.478 e. The number of hydrogen-bond donors (Lipinski definition) is 1. The van der Waals surface area contributed by atoms with E-state index in [0.717, 1.165) is 35.4 Å². The summed E-state index contributed by atoms with van der Waals surface area (Å²) in [5, 5.41) is 9.28. The summed E-state index contributed by atoms with van der Waals surface area (Å²) >= 11 is 3.43. The quantitative estimate of drug-likeness (QED) is 0.682. The summed E-state index contributed by atoms with van der Waals surface area (Å²) in [7, 11) is 0. The van der Waals surface area contributed by atoms with Crippen molar-refractivity contribution in [1.82, 2.24) is 4.90 Å². The van der Waals surface area contributed by atoms with E-state index in [1.54, 1.807) is 12.1 Å². The normalized spacial score (nSPS) is 15.3. The number of rotatable bonds is 3. The summed E-state index contributed by atoms with van der Waals surface area (Å²) in [5.74, 6) is 0.0309. The number of benzene rings is 1. The number of carboxylic acids is 1. The first kappa shape index (κ1) is 14.1. The molecule has 102 valence electrons. The van der Waals surface area contributed by atoms with Crippen LogP contribution in [-0.2, 0) is 0 Å². The standard InChI is InChI=1S/C14H17BrN2O2/c1-3-12(17-7-4-8-17)16-13-9(2)11(15)6-5-10(13)14(18)19/h5-6H,3-4,7-8H2,1-2H3,(H,18,19). The Morgan fingerprint density at radius 2 is 2.16 bits per heavy atom. The molecule has 1 aromatic carbocycles. The van der Waals surface area contributed by atoms with E-state index in [0.29, 0.717) is 5.69 Å². The van der Waals surface area contributed by atoms with Gasteiger partial charge in [0, 0.05) is 24.0 Å². The first-order chi connectivity index (χ1) is 9.04. The summed E-state index contributed by atoms with van der Waals surface area (Å²) in [6.45, 7) is 5.97. The molecule has 0 spiro atoms. The number of halogens is 1. The molecule has 1 heterocycles. The Hall–Kier alpha value is -1.36. The molecule has 0 aromatic heterocycles. The molecule has 0 unspecified atom stereocenters. The van der Waals surface area contributed by atoms with Gasteiger partial charge in [-0.05, 0) is 31.0 Å². The molecule has 1 saturated heterocycles. The molecule has 2 rings (SSSR count). The summed E-state index contributed by atoms with van der Waals surface area (Å²) in [6, 6.07) is 3.36. The van der Waals surface area contributed by atoms with Gasteiger partial charge in [0.1, 0.15) is 5.84 Å². The fraction of sp³-hybridized carbons (Fsp3) is 0.429. The van der Waals surface area contributed by atoms with Crippen LogP contribution in [0.2, 0.25) is 0 Å². The molecule has 1 fully saturated rings. The molecule has 0 atom stereocenters. The fourth-order valence-electron chi connectivity index (χ4n) is 2.07. The molecular formula is C14H17BrN2O2. The van der Waals surface area contributed by atoms with Gasteiger partial charge in [0.15, 0.2) is 0 Å². The minimum absolute atomic E-state index is 0.257. The van der Waals surface area contributed by atoms with Crippen LogP contribution in [0.4, 0.5) is 5.69 Å². The highest BCUT2D eigenvalue weighted by Gasteiger charge is 2.19.